The van der Waals surface area contributed by atoms with Crippen molar-refractivity contribution in [2.45, 2.75) is 26.2 Å². The predicted octanol–water partition coefficient (Wildman–Crippen LogP) is 6.71. The van der Waals surface area contributed by atoms with E-state index in [4.69, 9.17) is 0 Å². The van der Waals surface area contributed by atoms with Gasteiger partial charge >= 0.3 is 0 Å². The van der Waals surface area contributed by atoms with E-state index in [0.717, 1.165) is 5.56 Å². The van der Waals surface area contributed by atoms with E-state index in [1.54, 1.807) is 0 Å². The summed E-state index contributed by atoms with van der Waals surface area (Å²) in [5.74, 6) is 0. The lowest BCUT2D eigenvalue weighted by atomic mass is 9.71. The molecule has 0 radical (unpaired) electrons. The van der Waals surface area contributed by atoms with Gasteiger partial charge < -0.3 is 0 Å². The van der Waals surface area contributed by atoms with Gasteiger partial charge in [0.05, 0.1) is 0 Å². The number of benzene rings is 3. The van der Waals surface area contributed by atoms with Crippen molar-refractivity contribution in [2.24, 2.45) is 0 Å². The summed E-state index contributed by atoms with van der Waals surface area (Å²) in [4.78, 5) is 0. The number of hydrogen-bond donors (Lipinski definition) is 0. The van der Waals surface area contributed by atoms with Crippen molar-refractivity contribution in [1.29, 1.82) is 0 Å². The average Bonchev–Trinajstić information content (AvgIpc) is 2.70. The molecule has 3 aromatic rings. The van der Waals surface area contributed by atoms with Crippen LogP contribution in [0.5, 0.6) is 0 Å². The van der Waals surface area contributed by atoms with Crippen LogP contribution in [0.4, 0.5) is 0 Å². The molecule has 3 aromatic carbocycles. The standard InChI is InChI=1S/C22H20.C2H6/c1-3-18-14-16-21(17-15-18)22(2,19-10-6-4-7-11-19)20-12-8-5-9-13-20;1-2/h3-17H,1H2,2H3;1-2H3. The van der Waals surface area contributed by atoms with Gasteiger partial charge in [-0.1, -0.05) is 111 Å². The lowest BCUT2D eigenvalue weighted by molar-refractivity contribution is 0.692. The van der Waals surface area contributed by atoms with E-state index in [-0.39, 0.29) is 5.41 Å². The van der Waals surface area contributed by atoms with Gasteiger partial charge in [0, 0.05) is 5.41 Å². The molecule has 0 saturated carbocycles. The molecule has 0 bridgehead atoms. The third kappa shape index (κ3) is 3.49. The monoisotopic (exact) mass is 314 g/mol. The van der Waals surface area contributed by atoms with Crippen LogP contribution in [0.2, 0.25) is 0 Å². The highest BCUT2D eigenvalue weighted by molar-refractivity contribution is 5.53. The first-order valence-corrected chi connectivity index (χ1v) is 8.59. The van der Waals surface area contributed by atoms with Crippen LogP contribution in [0.25, 0.3) is 6.08 Å². The molecule has 122 valence electrons. The molecule has 0 unspecified atom stereocenters. The zero-order chi connectivity index (χ0) is 17.4. The maximum absolute atomic E-state index is 3.84. The van der Waals surface area contributed by atoms with Crippen LogP contribution in [0.1, 0.15) is 43.0 Å². The van der Waals surface area contributed by atoms with E-state index in [1.165, 1.54) is 16.7 Å². The van der Waals surface area contributed by atoms with Crippen molar-refractivity contribution in [2.75, 3.05) is 0 Å². The van der Waals surface area contributed by atoms with Crippen LogP contribution < -0.4 is 0 Å². The SMILES string of the molecule is C=Cc1ccc(C(C)(c2ccccc2)c2ccccc2)cc1.CC. The summed E-state index contributed by atoms with van der Waals surface area (Å²) >= 11 is 0. The van der Waals surface area contributed by atoms with Gasteiger partial charge in [0.1, 0.15) is 0 Å². The highest BCUT2D eigenvalue weighted by Gasteiger charge is 2.30. The fourth-order valence-corrected chi connectivity index (χ4v) is 3.00. The Hall–Kier alpha value is -2.60. The first-order chi connectivity index (χ1) is 11.7. The average molecular weight is 314 g/mol. The van der Waals surface area contributed by atoms with E-state index in [0.29, 0.717) is 0 Å². The maximum atomic E-state index is 3.84. The zero-order valence-corrected chi connectivity index (χ0v) is 14.9. The second-order valence-electron chi connectivity index (χ2n) is 5.68. The largest absolute Gasteiger partial charge is 0.0985 e. The molecule has 0 N–H and O–H groups in total. The van der Waals surface area contributed by atoms with E-state index in [9.17, 15) is 0 Å². The first-order valence-electron chi connectivity index (χ1n) is 8.59. The van der Waals surface area contributed by atoms with Crippen molar-refractivity contribution in [3.05, 3.63) is 114 Å². The summed E-state index contributed by atoms with van der Waals surface area (Å²) < 4.78 is 0. The molecule has 0 aromatic heterocycles. The van der Waals surface area contributed by atoms with Gasteiger partial charge in [-0.2, -0.15) is 0 Å². The summed E-state index contributed by atoms with van der Waals surface area (Å²) in [5.41, 5.74) is 4.87. The Bertz CT molecular complexity index is 698. The molecule has 0 heteroatoms. The minimum Gasteiger partial charge on any atom is -0.0985 e. The molecule has 0 nitrogen and oxygen atoms in total. The van der Waals surface area contributed by atoms with Gasteiger partial charge in [-0.05, 0) is 29.2 Å². The van der Waals surface area contributed by atoms with E-state index < -0.39 is 0 Å². The summed E-state index contributed by atoms with van der Waals surface area (Å²) in [6, 6.07) is 30.0. The van der Waals surface area contributed by atoms with E-state index in [2.05, 4.69) is 98.4 Å². The van der Waals surface area contributed by atoms with Crippen molar-refractivity contribution in [1.82, 2.24) is 0 Å². The highest BCUT2D eigenvalue weighted by atomic mass is 14.3. The van der Waals surface area contributed by atoms with Crippen LogP contribution in [0.15, 0.2) is 91.5 Å². The fourth-order valence-electron chi connectivity index (χ4n) is 3.00. The molecular weight excluding hydrogens is 288 g/mol. The molecule has 0 atom stereocenters. The summed E-state index contributed by atoms with van der Waals surface area (Å²) in [6.07, 6.45) is 1.88. The Morgan fingerprint density at radius 3 is 1.38 bits per heavy atom. The van der Waals surface area contributed by atoms with Gasteiger partial charge in [-0.15, -0.1) is 0 Å². The van der Waals surface area contributed by atoms with Crippen molar-refractivity contribution in [3.8, 4) is 0 Å². The van der Waals surface area contributed by atoms with Gasteiger partial charge in [0.25, 0.3) is 0 Å². The molecule has 0 amide bonds. The van der Waals surface area contributed by atoms with Crippen LogP contribution in [0.3, 0.4) is 0 Å². The molecule has 0 fully saturated rings. The van der Waals surface area contributed by atoms with Gasteiger partial charge in [-0.25, -0.2) is 0 Å². The zero-order valence-electron chi connectivity index (χ0n) is 14.9. The predicted molar refractivity (Wildman–Crippen MR) is 106 cm³/mol. The molecule has 3 rings (SSSR count). The minimum atomic E-state index is -0.164. The lowest BCUT2D eigenvalue weighted by Crippen LogP contribution is -2.25. The molecule has 0 heterocycles. The quantitative estimate of drug-likeness (QED) is 0.469. The van der Waals surface area contributed by atoms with Crippen LogP contribution in [-0.2, 0) is 5.41 Å². The Kier molecular flexibility index (Phi) is 6.14. The van der Waals surface area contributed by atoms with E-state index >= 15 is 0 Å². The topological polar surface area (TPSA) is 0 Å². The third-order valence-electron chi connectivity index (χ3n) is 4.43. The minimum absolute atomic E-state index is 0.164. The molecule has 0 aliphatic carbocycles. The van der Waals surface area contributed by atoms with Crippen LogP contribution in [-0.4, -0.2) is 0 Å². The Balaban J connectivity index is 0.00000100. The third-order valence-corrected chi connectivity index (χ3v) is 4.43. The molecular formula is C24H26. The molecule has 0 aliphatic heterocycles. The van der Waals surface area contributed by atoms with Gasteiger partial charge in [0.15, 0.2) is 0 Å². The summed E-state index contributed by atoms with van der Waals surface area (Å²) in [5, 5.41) is 0. The highest BCUT2D eigenvalue weighted by Crippen LogP contribution is 2.38. The molecule has 0 aliphatic rings. The van der Waals surface area contributed by atoms with Crippen molar-refractivity contribution < 1.29 is 0 Å². The molecule has 24 heavy (non-hydrogen) atoms. The Morgan fingerprint density at radius 2 is 1.00 bits per heavy atom. The number of hydrogen-bond acceptors (Lipinski definition) is 0. The Labute approximate surface area is 146 Å². The van der Waals surface area contributed by atoms with Gasteiger partial charge in [0.2, 0.25) is 0 Å². The summed E-state index contributed by atoms with van der Waals surface area (Å²) in [7, 11) is 0. The molecule has 0 saturated heterocycles. The van der Waals surface area contributed by atoms with Crippen molar-refractivity contribution >= 4 is 6.08 Å². The van der Waals surface area contributed by atoms with Crippen LogP contribution in [0, 0.1) is 0 Å². The van der Waals surface area contributed by atoms with Crippen LogP contribution >= 0.6 is 0 Å². The fraction of sp³-hybridized carbons (Fsp3) is 0.167. The Morgan fingerprint density at radius 1 is 0.625 bits per heavy atom. The smallest absolute Gasteiger partial charge is 0.0423 e. The van der Waals surface area contributed by atoms with Crippen molar-refractivity contribution in [3.63, 3.8) is 0 Å². The second kappa shape index (κ2) is 8.31. The van der Waals surface area contributed by atoms with E-state index in [1.807, 2.05) is 19.9 Å². The maximum Gasteiger partial charge on any atom is 0.0423 e. The number of rotatable bonds is 4. The summed E-state index contributed by atoms with van der Waals surface area (Å²) in [6.45, 7) is 10.1. The molecule has 0 spiro atoms. The first kappa shape index (κ1) is 17.7. The lowest BCUT2D eigenvalue weighted by Gasteiger charge is -2.32. The second-order valence-corrected chi connectivity index (χ2v) is 5.68. The normalized spacial score (nSPS) is 10.5. The van der Waals surface area contributed by atoms with Gasteiger partial charge in [-0.3, -0.25) is 0 Å².